The number of carbonyl (C=O) groups excluding carboxylic acids is 5. The fraction of sp³-hybridized carbons (Fsp3) is 0.462. The molecule has 0 aromatic rings. The van der Waals surface area contributed by atoms with E-state index in [-0.39, 0.29) is 167 Å². The first-order chi connectivity index (χ1) is 12.3. The number of halogens is 1. The van der Waals surface area contributed by atoms with Crippen LogP contribution >= 0.6 is 12.4 Å². The predicted molar refractivity (Wildman–Crippen MR) is 87.6 cm³/mol. The zero-order valence-electron chi connectivity index (χ0n) is 24.2. The number of carbonyl (C=O) groups is 7. The molecular weight excluding hydrogens is 531 g/mol. The maximum atomic E-state index is 12.2. The summed E-state index contributed by atoms with van der Waals surface area (Å²) >= 11 is 0. The summed E-state index contributed by atoms with van der Waals surface area (Å²) < 4.78 is 16.2. The Morgan fingerprint density at radius 3 is 1.36 bits per heavy atom. The van der Waals surface area contributed by atoms with E-state index in [4.69, 9.17) is 10.2 Å². The molecule has 0 aliphatic carbocycles. The van der Waals surface area contributed by atoms with Crippen molar-refractivity contribution in [1.29, 1.82) is 0 Å². The van der Waals surface area contributed by atoms with E-state index in [2.05, 4.69) is 18.9 Å². The number of esters is 5. The molecule has 0 heterocycles. The molecule has 0 radical (unpaired) electrons. The Morgan fingerprint density at radius 1 is 0.788 bits per heavy atom. The van der Waals surface area contributed by atoms with E-state index < -0.39 is 66.7 Å². The van der Waals surface area contributed by atoms with Crippen LogP contribution in [-0.4, -0.2) is 69.2 Å². The number of carboxylic acid groups (broad SMARTS) is 2. The molecule has 0 aliphatic rings. The molecule has 168 valence electrons. The van der Waals surface area contributed by atoms with Crippen molar-refractivity contribution in [3.8, 4) is 0 Å². The third kappa shape index (κ3) is 22.6. The van der Waals surface area contributed by atoms with Crippen molar-refractivity contribution < 1.29 is 223 Å². The van der Waals surface area contributed by atoms with Crippen LogP contribution < -0.4 is 148 Å². The van der Waals surface area contributed by atoms with Gasteiger partial charge in [0.25, 0.3) is 0 Å². The van der Waals surface area contributed by atoms with Crippen LogP contribution in [0.2, 0.25) is 0 Å². The van der Waals surface area contributed by atoms with Crippen molar-refractivity contribution in [1.82, 2.24) is 0 Å². The predicted octanol–water partition coefficient (Wildman–Crippen LogP) is -15.0. The van der Waals surface area contributed by atoms with Gasteiger partial charge >= 0.3 is 190 Å². The van der Waals surface area contributed by atoms with Gasteiger partial charge in [-0.2, -0.15) is 0 Å². The normalized spacial score (nSPS) is 9.42. The van der Waals surface area contributed by atoms with E-state index in [0.29, 0.717) is 0 Å². The third-order valence-electron chi connectivity index (χ3n) is 2.51. The van der Waals surface area contributed by atoms with Crippen LogP contribution in [0.25, 0.3) is 0 Å². The smallest absolute Gasteiger partial charge is 1.00 e. The molecule has 14 nitrogen and oxygen atoms in total. The van der Waals surface area contributed by atoms with Crippen LogP contribution in [0.3, 0.4) is 0 Å². The van der Waals surface area contributed by atoms with Gasteiger partial charge in [-0.15, -0.1) is 12.4 Å². The van der Waals surface area contributed by atoms with Gasteiger partial charge in [-0.3, -0.25) is 14.4 Å². The Hall–Kier alpha value is 1.74. The summed E-state index contributed by atoms with van der Waals surface area (Å²) in [5.74, 6) is -8.18. The zero-order chi connectivity index (χ0) is 21.4. The number of aliphatic hydroxyl groups excluding tert-OH is 1. The Balaban J connectivity index is -0.0000000615. The number of ether oxygens (including phenoxy) is 4. The van der Waals surface area contributed by atoms with Gasteiger partial charge in [0.1, 0.15) is 6.10 Å². The molecule has 0 saturated heterocycles. The molecule has 0 rings (SSSR count). The van der Waals surface area contributed by atoms with E-state index in [1.165, 1.54) is 0 Å². The largest absolute Gasteiger partial charge is 1.00 e. The van der Waals surface area contributed by atoms with Gasteiger partial charge in [-0.1, -0.05) is 0 Å². The fourth-order valence-corrected chi connectivity index (χ4v) is 1.56. The van der Waals surface area contributed by atoms with Crippen molar-refractivity contribution in [2.24, 2.45) is 0 Å². The summed E-state index contributed by atoms with van der Waals surface area (Å²) in [6, 6.07) is 0. The van der Waals surface area contributed by atoms with Crippen LogP contribution in [0.4, 0.5) is 9.59 Å². The van der Waals surface area contributed by atoms with Gasteiger partial charge in [0.05, 0.1) is 12.8 Å². The Kier molecular flexibility index (Phi) is 39.5. The van der Waals surface area contributed by atoms with Crippen molar-refractivity contribution in [3.63, 3.8) is 0 Å². The quantitative estimate of drug-likeness (QED) is 0.116. The third-order valence-corrected chi connectivity index (χ3v) is 2.51. The molecule has 1 unspecified atom stereocenters. The van der Waals surface area contributed by atoms with Crippen LogP contribution in [0.15, 0.2) is 0 Å². The summed E-state index contributed by atoms with van der Waals surface area (Å²) in [5, 5.41) is 26.0. The molecule has 0 aromatic heterocycles. The molecule has 0 amide bonds. The van der Waals surface area contributed by atoms with Gasteiger partial charge < -0.3 is 41.4 Å². The van der Waals surface area contributed by atoms with Gasteiger partial charge in [-0.05, 0) is 6.92 Å². The molecule has 20 heteroatoms. The van der Waals surface area contributed by atoms with E-state index in [9.17, 15) is 38.7 Å². The summed E-state index contributed by atoms with van der Waals surface area (Å²) in [5.41, 5.74) is -3.06. The van der Waals surface area contributed by atoms with Crippen LogP contribution in [0.5, 0.6) is 0 Å². The molecule has 0 saturated carbocycles. The first-order valence-electron chi connectivity index (χ1n) is 6.80. The molecule has 0 fully saturated rings. The van der Waals surface area contributed by atoms with E-state index >= 15 is 0 Å². The summed E-state index contributed by atoms with van der Waals surface area (Å²) in [7, 11) is 0. The SMILES string of the molecule is CC(=O)OC(=O)C(CC(=O)OC(=O)O)(CC(=O)OC(=O)O)OC(=O)C(C)O.Cl.[H-].[H-].[H-].[H-].[H-].[Na+].[Na+].[Na+].[Na+].[Na+]. The molecule has 3 N–H and O–H groups in total. The van der Waals surface area contributed by atoms with Crippen LogP contribution in [-0.2, 0) is 42.9 Å². The Morgan fingerprint density at radius 2 is 1.12 bits per heavy atom. The maximum Gasteiger partial charge on any atom is 1.00 e. The molecule has 33 heavy (non-hydrogen) atoms. The summed E-state index contributed by atoms with van der Waals surface area (Å²) in [6.45, 7) is 1.60. The first-order valence-corrected chi connectivity index (χ1v) is 6.80. The topological polar surface area (TPSA) is 217 Å². The van der Waals surface area contributed by atoms with Gasteiger partial charge in [0.2, 0.25) is 5.60 Å². The minimum absolute atomic E-state index is 0. The Bertz CT molecular complexity index is 678. The average Bonchev–Trinajstić information content (AvgIpc) is 2.43. The Labute approximate surface area is 311 Å². The summed E-state index contributed by atoms with van der Waals surface area (Å²) in [4.78, 5) is 78.8. The van der Waals surface area contributed by atoms with E-state index in [1.54, 1.807) is 0 Å². The van der Waals surface area contributed by atoms with Crippen molar-refractivity contribution in [2.45, 2.75) is 38.4 Å². The molecule has 0 spiro atoms. The minimum atomic E-state index is -3.06. The standard InChI is InChI=1S/C13H14O14.ClH.5Na.5H/c1-5(14)9(18)27-13(10(19)24-6(2)15,3-7(16)25-11(20)21)4-8(17)26-12(22)23;;;;;;;;;;;/h5,14H,3-4H2,1-2H3,(H,20,21)(H,22,23);1H;;;;;;;;;;/q;;5*+1;5*-1. The van der Waals surface area contributed by atoms with Gasteiger partial charge in [-0.25, -0.2) is 19.2 Å². The molecule has 1 atom stereocenters. The second kappa shape index (κ2) is 25.4. The zero-order valence-corrected chi connectivity index (χ0v) is 30.0. The fourth-order valence-electron chi connectivity index (χ4n) is 1.56. The van der Waals surface area contributed by atoms with Crippen LogP contribution in [0, 0.1) is 0 Å². The van der Waals surface area contributed by atoms with Gasteiger partial charge in [0.15, 0.2) is 0 Å². The number of hydrogen-bond donors (Lipinski definition) is 3. The molecule has 0 aliphatic heterocycles. The van der Waals surface area contributed by atoms with E-state index in [1.807, 2.05) is 0 Å². The first kappa shape index (κ1) is 51.4. The minimum Gasteiger partial charge on any atom is -1.00 e. The van der Waals surface area contributed by atoms with Crippen LogP contribution in [0.1, 0.15) is 33.8 Å². The number of rotatable bonds is 7. The number of aliphatic hydroxyl groups is 1. The van der Waals surface area contributed by atoms with E-state index in [0.717, 1.165) is 13.8 Å². The molecule has 0 aromatic carbocycles. The summed E-state index contributed by atoms with van der Waals surface area (Å²) in [6.07, 6.45) is -9.12. The van der Waals surface area contributed by atoms with Gasteiger partial charge in [0, 0.05) is 6.92 Å². The molecule has 0 bridgehead atoms. The second-order valence-corrected chi connectivity index (χ2v) is 4.81. The monoisotopic (exact) mass is 550 g/mol. The average molecular weight is 551 g/mol. The van der Waals surface area contributed by atoms with Crippen molar-refractivity contribution in [2.75, 3.05) is 0 Å². The van der Waals surface area contributed by atoms with Crippen molar-refractivity contribution in [3.05, 3.63) is 0 Å². The second-order valence-electron chi connectivity index (χ2n) is 4.81. The number of hydrogen-bond acceptors (Lipinski definition) is 12. The van der Waals surface area contributed by atoms with Crippen molar-refractivity contribution >= 4 is 54.6 Å². The maximum absolute atomic E-state index is 12.2. The molecular formula is C13H20ClNa5O14.